The van der Waals surface area contributed by atoms with Crippen LogP contribution in [0.2, 0.25) is 0 Å². The summed E-state index contributed by atoms with van der Waals surface area (Å²) in [5, 5.41) is 9.68. The maximum atomic E-state index is 12.1. The maximum absolute atomic E-state index is 12.1. The van der Waals surface area contributed by atoms with E-state index in [-0.39, 0.29) is 13.2 Å². The zero-order chi connectivity index (χ0) is 15.2. The first-order valence-corrected chi connectivity index (χ1v) is 6.85. The fourth-order valence-electron chi connectivity index (χ4n) is 2.34. The van der Waals surface area contributed by atoms with Crippen LogP contribution in [0.15, 0.2) is 30.3 Å². The number of β-amino-alcohol motifs (C(OH)–C–C–N with tert-alkyl or cyclic N) is 1. The van der Waals surface area contributed by atoms with Crippen LogP contribution in [0.5, 0.6) is 0 Å². The summed E-state index contributed by atoms with van der Waals surface area (Å²) in [7, 11) is 1.28. The third-order valence-corrected chi connectivity index (χ3v) is 3.47. The second-order valence-electron chi connectivity index (χ2n) is 4.96. The Morgan fingerprint density at radius 2 is 2.00 bits per heavy atom. The molecule has 2 rings (SSSR count). The van der Waals surface area contributed by atoms with Crippen molar-refractivity contribution < 1.29 is 24.2 Å². The number of carbonyl (C=O) groups excluding carboxylic acids is 2. The summed E-state index contributed by atoms with van der Waals surface area (Å²) in [4.78, 5) is 25.1. The van der Waals surface area contributed by atoms with E-state index in [1.54, 1.807) is 0 Å². The molecule has 1 heterocycles. The maximum Gasteiger partial charge on any atom is 0.410 e. The third-order valence-electron chi connectivity index (χ3n) is 3.47. The molecule has 1 N–H and O–H groups in total. The molecule has 0 spiro atoms. The number of esters is 1. The van der Waals surface area contributed by atoms with Gasteiger partial charge in [0.15, 0.2) is 0 Å². The first-order valence-electron chi connectivity index (χ1n) is 6.85. The lowest BCUT2D eigenvalue weighted by atomic mass is 10.0. The number of aliphatic hydroxyl groups excluding tert-OH is 1. The van der Waals surface area contributed by atoms with Crippen LogP contribution in [0.25, 0.3) is 0 Å². The van der Waals surface area contributed by atoms with Gasteiger partial charge in [-0.05, 0) is 18.4 Å². The van der Waals surface area contributed by atoms with Gasteiger partial charge in [0.2, 0.25) is 0 Å². The number of hydrogen-bond acceptors (Lipinski definition) is 5. The van der Waals surface area contributed by atoms with Crippen LogP contribution in [0.4, 0.5) is 4.79 Å². The van der Waals surface area contributed by atoms with Crippen LogP contribution < -0.4 is 0 Å². The van der Waals surface area contributed by atoms with Gasteiger partial charge < -0.3 is 14.6 Å². The van der Waals surface area contributed by atoms with Gasteiger partial charge in [0.25, 0.3) is 0 Å². The van der Waals surface area contributed by atoms with Crippen LogP contribution in [0.3, 0.4) is 0 Å². The quantitative estimate of drug-likeness (QED) is 0.851. The highest BCUT2D eigenvalue weighted by molar-refractivity contribution is 5.81. The Hall–Kier alpha value is -2.08. The van der Waals surface area contributed by atoms with Crippen molar-refractivity contribution in [2.24, 2.45) is 0 Å². The van der Waals surface area contributed by atoms with Crippen molar-refractivity contribution in [3.63, 3.8) is 0 Å². The number of carbonyl (C=O) groups is 2. The second kappa shape index (κ2) is 7.08. The van der Waals surface area contributed by atoms with Gasteiger partial charge in [-0.2, -0.15) is 0 Å². The van der Waals surface area contributed by atoms with Gasteiger partial charge in [-0.1, -0.05) is 30.3 Å². The summed E-state index contributed by atoms with van der Waals surface area (Å²) >= 11 is 0. The molecule has 0 saturated carbocycles. The van der Waals surface area contributed by atoms with Crippen molar-refractivity contribution in [3.8, 4) is 0 Å². The number of methoxy groups -OCH3 is 1. The predicted molar refractivity (Wildman–Crippen MR) is 74.4 cm³/mol. The SMILES string of the molecule is COC(=O)C1CCC(O)CN1C(=O)OCc1ccccc1. The van der Waals surface area contributed by atoms with E-state index >= 15 is 0 Å². The molecule has 2 atom stereocenters. The molecular weight excluding hydrogens is 274 g/mol. The van der Waals surface area contributed by atoms with Crippen molar-refractivity contribution in [2.45, 2.75) is 31.6 Å². The molecule has 1 saturated heterocycles. The van der Waals surface area contributed by atoms with Gasteiger partial charge in [0, 0.05) is 0 Å². The molecule has 6 heteroatoms. The third kappa shape index (κ3) is 3.95. The first-order chi connectivity index (χ1) is 10.1. The van der Waals surface area contributed by atoms with E-state index in [1.807, 2.05) is 30.3 Å². The van der Waals surface area contributed by atoms with Gasteiger partial charge in [-0.25, -0.2) is 9.59 Å². The molecule has 1 aliphatic heterocycles. The number of likely N-dealkylation sites (tertiary alicyclic amines) is 1. The summed E-state index contributed by atoms with van der Waals surface area (Å²) in [6.07, 6.45) is -0.431. The average Bonchev–Trinajstić information content (AvgIpc) is 2.52. The molecule has 0 aliphatic carbocycles. The highest BCUT2D eigenvalue weighted by atomic mass is 16.6. The number of piperidine rings is 1. The molecule has 2 unspecified atom stereocenters. The van der Waals surface area contributed by atoms with Crippen LogP contribution in [0.1, 0.15) is 18.4 Å². The number of amides is 1. The second-order valence-corrected chi connectivity index (χ2v) is 4.96. The Balaban J connectivity index is 1.98. The molecule has 1 aliphatic rings. The fourth-order valence-corrected chi connectivity index (χ4v) is 2.34. The van der Waals surface area contributed by atoms with E-state index in [4.69, 9.17) is 9.47 Å². The van der Waals surface area contributed by atoms with Crippen LogP contribution in [-0.4, -0.2) is 47.9 Å². The smallest absolute Gasteiger partial charge is 0.410 e. The Morgan fingerprint density at radius 3 is 2.67 bits per heavy atom. The van der Waals surface area contributed by atoms with E-state index < -0.39 is 24.2 Å². The number of rotatable bonds is 3. The van der Waals surface area contributed by atoms with Crippen molar-refractivity contribution in [1.29, 1.82) is 0 Å². The molecule has 1 amide bonds. The van der Waals surface area contributed by atoms with E-state index in [9.17, 15) is 14.7 Å². The van der Waals surface area contributed by atoms with Crippen LogP contribution in [-0.2, 0) is 20.9 Å². The number of hydrogen-bond donors (Lipinski definition) is 1. The lowest BCUT2D eigenvalue weighted by molar-refractivity contribution is -0.148. The predicted octanol–water partition coefficient (Wildman–Crippen LogP) is 1.32. The minimum Gasteiger partial charge on any atom is -0.467 e. The molecule has 21 heavy (non-hydrogen) atoms. The van der Waals surface area contributed by atoms with Gasteiger partial charge in [0.1, 0.15) is 12.6 Å². The Kier molecular flexibility index (Phi) is 5.16. The lowest BCUT2D eigenvalue weighted by Gasteiger charge is -2.35. The first kappa shape index (κ1) is 15.3. The Morgan fingerprint density at radius 1 is 1.29 bits per heavy atom. The molecule has 1 fully saturated rings. The van der Waals surface area contributed by atoms with Gasteiger partial charge in [-0.3, -0.25) is 4.90 Å². The van der Waals surface area contributed by atoms with E-state index in [2.05, 4.69) is 0 Å². The zero-order valence-corrected chi connectivity index (χ0v) is 11.9. The molecule has 1 aromatic carbocycles. The van der Waals surface area contributed by atoms with Crippen LogP contribution in [0, 0.1) is 0 Å². The minimum absolute atomic E-state index is 0.0768. The molecule has 6 nitrogen and oxygen atoms in total. The zero-order valence-electron chi connectivity index (χ0n) is 11.9. The number of ether oxygens (including phenoxy) is 2. The van der Waals surface area contributed by atoms with E-state index in [1.165, 1.54) is 12.0 Å². The molecule has 114 valence electrons. The van der Waals surface area contributed by atoms with Crippen LogP contribution >= 0.6 is 0 Å². The summed E-state index contributed by atoms with van der Waals surface area (Å²) in [5.74, 6) is -0.487. The average molecular weight is 293 g/mol. The summed E-state index contributed by atoms with van der Waals surface area (Å²) in [5.41, 5.74) is 0.859. The Bertz CT molecular complexity index is 490. The molecule has 0 radical (unpaired) electrons. The van der Waals surface area contributed by atoms with Crippen molar-refractivity contribution in [2.75, 3.05) is 13.7 Å². The largest absolute Gasteiger partial charge is 0.467 e. The molecule has 0 bridgehead atoms. The minimum atomic E-state index is -0.693. The van der Waals surface area contributed by atoms with Crippen molar-refractivity contribution >= 4 is 12.1 Å². The summed E-state index contributed by atoms with van der Waals surface area (Å²) in [6.45, 7) is 0.202. The molecule has 1 aromatic rings. The number of nitrogens with zero attached hydrogens (tertiary/aromatic N) is 1. The summed E-state index contributed by atoms with van der Waals surface area (Å²) in [6, 6.07) is 8.57. The lowest BCUT2D eigenvalue weighted by Crippen LogP contribution is -2.52. The monoisotopic (exact) mass is 293 g/mol. The Labute approximate surface area is 123 Å². The summed E-state index contributed by atoms with van der Waals surface area (Å²) < 4.78 is 9.91. The number of aliphatic hydroxyl groups is 1. The van der Waals surface area contributed by atoms with Gasteiger partial charge in [0.05, 0.1) is 19.8 Å². The molecular formula is C15H19NO5. The molecule has 0 aromatic heterocycles. The highest BCUT2D eigenvalue weighted by Gasteiger charge is 2.37. The van der Waals surface area contributed by atoms with Gasteiger partial charge in [-0.15, -0.1) is 0 Å². The normalized spacial score (nSPS) is 21.7. The van der Waals surface area contributed by atoms with Gasteiger partial charge >= 0.3 is 12.1 Å². The van der Waals surface area contributed by atoms with Crippen molar-refractivity contribution in [3.05, 3.63) is 35.9 Å². The fraction of sp³-hybridized carbons (Fsp3) is 0.467. The van der Waals surface area contributed by atoms with E-state index in [0.717, 1.165) is 5.56 Å². The van der Waals surface area contributed by atoms with Crippen molar-refractivity contribution in [1.82, 2.24) is 4.90 Å². The van der Waals surface area contributed by atoms with E-state index in [0.29, 0.717) is 12.8 Å². The topological polar surface area (TPSA) is 76.1 Å². The highest BCUT2D eigenvalue weighted by Crippen LogP contribution is 2.20. The standard InChI is InChI=1S/C15H19NO5/c1-20-14(18)13-8-7-12(17)9-16(13)15(19)21-10-11-5-3-2-4-6-11/h2-6,12-13,17H,7-10H2,1H3. The number of benzene rings is 1.